The van der Waals surface area contributed by atoms with Crippen LogP contribution >= 0.6 is 0 Å². The van der Waals surface area contributed by atoms with E-state index in [4.69, 9.17) is 0 Å². The van der Waals surface area contributed by atoms with Gasteiger partial charge in [0, 0.05) is 38.6 Å². The molecule has 0 radical (unpaired) electrons. The first-order valence-electron chi connectivity index (χ1n) is 11.6. The van der Waals surface area contributed by atoms with Crippen molar-refractivity contribution in [2.45, 2.75) is 56.5 Å². The Morgan fingerprint density at radius 1 is 1.07 bits per heavy atom. The Labute approximate surface area is 175 Å². The highest BCUT2D eigenvalue weighted by atomic mass is 15.4. The quantitative estimate of drug-likeness (QED) is 0.760. The summed E-state index contributed by atoms with van der Waals surface area (Å²) in [6.07, 6.45) is 6.53. The predicted molar refractivity (Wildman–Crippen MR) is 121 cm³/mol. The molecule has 2 fully saturated rings. The van der Waals surface area contributed by atoms with Crippen molar-refractivity contribution in [2.24, 2.45) is 0 Å². The van der Waals surface area contributed by atoms with Crippen molar-refractivity contribution < 1.29 is 0 Å². The number of hydrogen-bond acceptors (Lipinski definition) is 3. The first-order valence-corrected chi connectivity index (χ1v) is 11.6. The first kappa shape index (κ1) is 17.8. The van der Waals surface area contributed by atoms with Crippen LogP contribution in [0.25, 0.3) is 0 Å². The van der Waals surface area contributed by atoms with E-state index in [-0.39, 0.29) is 0 Å². The highest BCUT2D eigenvalue weighted by Crippen LogP contribution is 2.57. The lowest BCUT2D eigenvalue weighted by molar-refractivity contribution is 0.190. The van der Waals surface area contributed by atoms with Crippen molar-refractivity contribution in [3.63, 3.8) is 0 Å². The Morgan fingerprint density at radius 2 is 1.93 bits per heavy atom. The zero-order valence-electron chi connectivity index (χ0n) is 17.9. The second kappa shape index (κ2) is 6.50. The van der Waals surface area contributed by atoms with Crippen LogP contribution in [0.4, 0.5) is 11.4 Å². The molecule has 3 nitrogen and oxygen atoms in total. The summed E-state index contributed by atoms with van der Waals surface area (Å²) < 4.78 is 0. The molecule has 1 aliphatic carbocycles. The van der Waals surface area contributed by atoms with Gasteiger partial charge < -0.3 is 14.7 Å². The first-order chi connectivity index (χ1) is 14.2. The fourth-order valence-corrected chi connectivity index (χ4v) is 6.38. The van der Waals surface area contributed by atoms with E-state index < -0.39 is 0 Å². The van der Waals surface area contributed by atoms with Gasteiger partial charge >= 0.3 is 0 Å². The minimum atomic E-state index is 0.436. The number of para-hydroxylation sites is 1. The second-order valence-corrected chi connectivity index (χ2v) is 9.92. The van der Waals surface area contributed by atoms with E-state index in [0.717, 1.165) is 6.04 Å². The molecule has 1 saturated heterocycles. The van der Waals surface area contributed by atoms with Gasteiger partial charge in [0.25, 0.3) is 0 Å². The average molecular weight is 388 g/mol. The van der Waals surface area contributed by atoms with Crippen LogP contribution < -0.4 is 9.80 Å². The molecule has 2 atom stereocenters. The maximum atomic E-state index is 2.83. The molecular weight excluding hydrogens is 354 g/mol. The van der Waals surface area contributed by atoms with Crippen LogP contribution in [0.3, 0.4) is 0 Å². The van der Waals surface area contributed by atoms with E-state index in [1.807, 2.05) is 0 Å². The van der Waals surface area contributed by atoms with Crippen molar-refractivity contribution in [1.29, 1.82) is 0 Å². The molecule has 0 unspecified atom stereocenters. The maximum absolute atomic E-state index is 2.83. The summed E-state index contributed by atoms with van der Waals surface area (Å²) >= 11 is 0. The van der Waals surface area contributed by atoms with Crippen LogP contribution in [0, 0.1) is 6.92 Å². The smallest absolute Gasteiger partial charge is 0.0644 e. The maximum Gasteiger partial charge on any atom is 0.0644 e. The number of piperidine rings is 1. The standard InChI is InChI=1S/C26H33N3/c1-19-7-3-4-8-20(19)9-6-15-28-16-12-23-22(17-28)21-10-5-11-24-25(21)29(23)18-26(13-14-26)27(24)2/h3-5,7-8,10-11,22-23H,6,9,12-18H2,1-2H3/t22-,23-/m0/s1. The van der Waals surface area contributed by atoms with E-state index in [0.29, 0.717) is 11.5 Å². The fourth-order valence-electron chi connectivity index (χ4n) is 6.38. The second-order valence-electron chi connectivity index (χ2n) is 9.92. The van der Waals surface area contributed by atoms with E-state index in [9.17, 15) is 0 Å². The Kier molecular flexibility index (Phi) is 4.00. The monoisotopic (exact) mass is 387 g/mol. The molecule has 29 heavy (non-hydrogen) atoms. The predicted octanol–water partition coefficient (Wildman–Crippen LogP) is 4.59. The number of likely N-dealkylation sites (N-methyl/N-ethyl adjacent to an activating group) is 1. The van der Waals surface area contributed by atoms with E-state index in [1.54, 1.807) is 11.3 Å². The third-order valence-electron chi connectivity index (χ3n) is 8.34. The van der Waals surface area contributed by atoms with Crippen molar-refractivity contribution >= 4 is 11.4 Å². The van der Waals surface area contributed by atoms with Gasteiger partial charge in [-0.2, -0.15) is 0 Å². The molecule has 1 spiro atoms. The minimum absolute atomic E-state index is 0.436. The summed E-state index contributed by atoms with van der Waals surface area (Å²) in [5.41, 5.74) is 8.09. The largest absolute Gasteiger partial charge is 0.365 e. The zero-order valence-corrected chi connectivity index (χ0v) is 17.9. The Hall–Kier alpha value is -2.00. The fraction of sp³-hybridized carbons (Fsp3) is 0.538. The van der Waals surface area contributed by atoms with E-state index in [1.165, 1.54) is 75.1 Å². The lowest BCUT2D eigenvalue weighted by atomic mass is 9.89. The summed E-state index contributed by atoms with van der Waals surface area (Å²) in [5, 5.41) is 0. The number of benzene rings is 2. The summed E-state index contributed by atoms with van der Waals surface area (Å²) in [4.78, 5) is 8.18. The van der Waals surface area contributed by atoms with Crippen LogP contribution in [0.1, 0.15) is 48.3 Å². The summed E-state index contributed by atoms with van der Waals surface area (Å²) in [6.45, 7) is 7.23. The van der Waals surface area contributed by atoms with Crippen molar-refractivity contribution in [1.82, 2.24) is 4.90 Å². The molecule has 0 bridgehead atoms. The topological polar surface area (TPSA) is 9.72 Å². The number of rotatable bonds is 4. The highest BCUT2D eigenvalue weighted by molar-refractivity contribution is 5.82. The van der Waals surface area contributed by atoms with Gasteiger partial charge in [-0.3, -0.25) is 0 Å². The van der Waals surface area contributed by atoms with Crippen LogP contribution in [-0.4, -0.2) is 49.7 Å². The van der Waals surface area contributed by atoms with Crippen LogP contribution in [0.15, 0.2) is 42.5 Å². The average Bonchev–Trinajstić information content (AvgIpc) is 3.45. The normalized spacial score (nSPS) is 26.6. The highest BCUT2D eigenvalue weighted by Gasteiger charge is 2.56. The number of fused-ring (bicyclic) bond motifs is 3. The van der Waals surface area contributed by atoms with Crippen LogP contribution in [-0.2, 0) is 6.42 Å². The molecule has 0 N–H and O–H groups in total. The van der Waals surface area contributed by atoms with Gasteiger partial charge in [0.05, 0.1) is 16.9 Å². The zero-order chi connectivity index (χ0) is 19.6. The number of hydrogen-bond donors (Lipinski definition) is 0. The Balaban J connectivity index is 1.18. The van der Waals surface area contributed by atoms with Crippen molar-refractivity contribution in [2.75, 3.05) is 43.0 Å². The van der Waals surface area contributed by atoms with Crippen LogP contribution in [0.5, 0.6) is 0 Å². The van der Waals surface area contributed by atoms with Gasteiger partial charge in [0.1, 0.15) is 0 Å². The molecule has 1 saturated carbocycles. The van der Waals surface area contributed by atoms with E-state index >= 15 is 0 Å². The Morgan fingerprint density at radius 3 is 2.76 bits per heavy atom. The van der Waals surface area contributed by atoms with Crippen molar-refractivity contribution in [3.05, 3.63) is 59.2 Å². The summed E-state index contributed by atoms with van der Waals surface area (Å²) in [7, 11) is 2.33. The number of anilines is 2. The van der Waals surface area contributed by atoms with Gasteiger partial charge in [-0.1, -0.05) is 36.4 Å². The SMILES string of the molecule is Cc1ccccc1CCCN1CC[C@H]2[C@@H](C1)c1cccc3c1N2CC1(CC1)N3C. The molecule has 2 aromatic rings. The molecule has 6 rings (SSSR count). The summed E-state index contributed by atoms with van der Waals surface area (Å²) in [6, 6.07) is 16.7. The molecule has 3 aliphatic heterocycles. The van der Waals surface area contributed by atoms with Gasteiger partial charge in [-0.15, -0.1) is 0 Å². The minimum Gasteiger partial charge on any atom is -0.365 e. The van der Waals surface area contributed by atoms with Gasteiger partial charge in [-0.25, -0.2) is 0 Å². The van der Waals surface area contributed by atoms with E-state index in [2.05, 4.69) is 71.1 Å². The third kappa shape index (κ3) is 2.73. The molecule has 0 aromatic heterocycles. The molecular formula is C26H33N3. The van der Waals surface area contributed by atoms with Gasteiger partial charge in [0.2, 0.25) is 0 Å². The molecule has 152 valence electrons. The molecule has 0 amide bonds. The number of aryl methyl sites for hydroxylation is 2. The number of nitrogens with zero attached hydrogens (tertiary/aromatic N) is 3. The molecule has 4 aliphatic rings. The van der Waals surface area contributed by atoms with Gasteiger partial charge in [0.15, 0.2) is 0 Å². The van der Waals surface area contributed by atoms with Crippen LogP contribution in [0.2, 0.25) is 0 Å². The molecule has 3 heteroatoms. The third-order valence-corrected chi connectivity index (χ3v) is 8.34. The Bertz CT molecular complexity index is 931. The molecule has 2 aromatic carbocycles. The summed E-state index contributed by atoms with van der Waals surface area (Å²) in [5.74, 6) is 0.694. The lowest BCUT2D eigenvalue weighted by Crippen LogP contribution is -2.54. The van der Waals surface area contributed by atoms with Crippen molar-refractivity contribution in [3.8, 4) is 0 Å². The molecule has 3 heterocycles. The van der Waals surface area contributed by atoms with Gasteiger partial charge in [-0.05, 0) is 68.3 Å². The lowest BCUT2D eigenvalue weighted by Gasteiger charge is -2.46. The number of likely N-dealkylation sites (tertiary alicyclic amines) is 1.